The monoisotopic (exact) mass is 422 g/mol. The minimum absolute atomic E-state index is 0.0156. The predicted molar refractivity (Wildman–Crippen MR) is 105 cm³/mol. The van der Waals surface area contributed by atoms with Crippen LogP contribution in [0.2, 0.25) is 5.02 Å². The van der Waals surface area contributed by atoms with E-state index < -0.39 is 21.8 Å². The van der Waals surface area contributed by atoms with E-state index in [1.807, 2.05) is 0 Å². The van der Waals surface area contributed by atoms with Gasteiger partial charge in [0.2, 0.25) is 5.91 Å². The van der Waals surface area contributed by atoms with Crippen LogP contribution in [0.5, 0.6) is 5.75 Å². The maximum absolute atomic E-state index is 12.9. The lowest BCUT2D eigenvalue weighted by atomic mass is 10.2. The molecular weight excluding hydrogens is 404 g/mol. The number of carbonyl (C=O) groups is 2. The Hall–Kier alpha value is -2.58. The van der Waals surface area contributed by atoms with E-state index in [1.54, 1.807) is 24.3 Å². The van der Waals surface area contributed by atoms with Crippen LogP contribution < -0.4 is 10.1 Å². The Bertz CT molecular complexity index is 1020. The second kappa shape index (κ2) is 8.20. The first-order chi connectivity index (χ1) is 13.3. The fourth-order valence-corrected chi connectivity index (χ4v) is 4.63. The number of sulfonamides is 1. The number of nitrogens with zero attached hydrogens (tertiary/aromatic N) is 1. The van der Waals surface area contributed by atoms with Gasteiger partial charge in [0.1, 0.15) is 5.75 Å². The highest BCUT2D eigenvalue weighted by molar-refractivity contribution is 7.89. The molecule has 1 saturated heterocycles. The van der Waals surface area contributed by atoms with E-state index in [-0.39, 0.29) is 28.4 Å². The molecule has 0 aromatic heterocycles. The summed E-state index contributed by atoms with van der Waals surface area (Å²) in [6.07, 6.45) is 1.46. The zero-order valence-corrected chi connectivity index (χ0v) is 16.7. The van der Waals surface area contributed by atoms with Crippen LogP contribution in [-0.4, -0.2) is 38.2 Å². The molecule has 3 rings (SSSR count). The van der Waals surface area contributed by atoms with Crippen molar-refractivity contribution < 1.29 is 22.7 Å². The molecule has 1 aliphatic heterocycles. The van der Waals surface area contributed by atoms with E-state index in [1.165, 1.54) is 25.3 Å². The molecule has 0 atom stereocenters. The molecule has 9 heteroatoms. The zero-order chi connectivity index (χ0) is 20.3. The summed E-state index contributed by atoms with van der Waals surface area (Å²) < 4.78 is 31.8. The highest BCUT2D eigenvalue weighted by atomic mass is 35.5. The fourth-order valence-electron chi connectivity index (χ4n) is 2.94. The molecule has 7 nitrogen and oxygen atoms in total. The third kappa shape index (κ3) is 3.98. The van der Waals surface area contributed by atoms with Crippen LogP contribution in [0.4, 0.5) is 5.69 Å². The van der Waals surface area contributed by atoms with Gasteiger partial charge < -0.3 is 10.1 Å². The number of piperidine rings is 1. The molecular formula is C19H19ClN2O5S. The molecule has 148 valence electrons. The van der Waals surface area contributed by atoms with E-state index in [9.17, 15) is 18.0 Å². The lowest BCUT2D eigenvalue weighted by Crippen LogP contribution is -2.40. The van der Waals surface area contributed by atoms with Crippen molar-refractivity contribution >= 4 is 39.1 Å². The van der Waals surface area contributed by atoms with Gasteiger partial charge >= 0.3 is 0 Å². The van der Waals surface area contributed by atoms with E-state index in [4.69, 9.17) is 16.3 Å². The number of halogens is 1. The third-order valence-corrected chi connectivity index (χ3v) is 6.55. The Labute approximate surface area is 168 Å². The summed E-state index contributed by atoms with van der Waals surface area (Å²) >= 11 is 6.13. The average molecular weight is 423 g/mol. The van der Waals surface area contributed by atoms with Crippen molar-refractivity contribution in [2.45, 2.75) is 24.2 Å². The number of ether oxygens (including phenoxy) is 1. The van der Waals surface area contributed by atoms with Gasteiger partial charge in [-0.25, -0.2) is 12.7 Å². The van der Waals surface area contributed by atoms with Crippen molar-refractivity contribution in [2.75, 3.05) is 19.0 Å². The zero-order valence-electron chi connectivity index (χ0n) is 15.1. The van der Waals surface area contributed by atoms with Gasteiger partial charge in [0.25, 0.3) is 15.9 Å². The van der Waals surface area contributed by atoms with Gasteiger partial charge in [-0.3, -0.25) is 9.59 Å². The van der Waals surface area contributed by atoms with Crippen LogP contribution in [0.3, 0.4) is 0 Å². The summed E-state index contributed by atoms with van der Waals surface area (Å²) in [5.74, 6) is -0.576. The molecule has 1 aliphatic rings. The molecule has 0 aliphatic carbocycles. The number of carbonyl (C=O) groups excluding carboxylic acids is 2. The second-order valence-electron chi connectivity index (χ2n) is 6.22. The van der Waals surface area contributed by atoms with E-state index in [0.29, 0.717) is 24.3 Å². The summed E-state index contributed by atoms with van der Waals surface area (Å²) in [7, 11) is -2.58. The molecule has 1 heterocycles. The Morgan fingerprint density at radius 1 is 1.18 bits per heavy atom. The number of methoxy groups -OCH3 is 1. The van der Waals surface area contributed by atoms with Crippen molar-refractivity contribution in [3.63, 3.8) is 0 Å². The van der Waals surface area contributed by atoms with Gasteiger partial charge in [-0.1, -0.05) is 23.7 Å². The standard InChI is InChI=1S/C19H19ClN2O5S/c1-27-17-7-3-2-6-16(17)21-19(24)14-12-13(9-10-15(14)20)28(25,26)22-11-5-4-8-18(22)23/h2-3,6-7,9-10,12H,4-5,8,11H2,1H3,(H,21,24). The first kappa shape index (κ1) is 20.2. The summed E-state index contributed by atoms with van der Waals surface area (Å²) in [6.45, 7) is 0.131. The van der Waals surface area contributed by atoms with E-state index in [2.05, 4.69) is 5.32 Å². The van der Waals surface area contributed by atoms with Crippen LogP contribution in [0.1, 0.15) is 29.6 Å². The Morgan fingerprint density at radius 2 is 1.93 bits per heavy atom. The fraction of sp³-hybridized carbons (Fsp3) is 0.263. The maximum Gasteiger partial charge on any atom is 0.266 e. The lowest BCUT2D eigenvalue weighted by molar-refractivity contribution is -0.128. The normalized spacial score (nSPS) is 14.6. The highest BCUT2D eigenvalue weighted by Gasteiger charge is 2.31. The van der Waals surface area contributed by atoms with Gasteiger partial charge in [0.15, 0.2) is 0 Å². The summed E-state index contributed by atoms with van der Waals surface area (Å²) in [5.41, 5.74) is 0.406. The van der Waals surface area contributed by atoms with E-state index in [0.717, 1.165) is 4.31 Å². The number of nitrogens with one attached hydrogen (secondary N) is 1. The van der Waals surface area contributed by atoms with Crippen molar-refractivity contribution in [1.82, 2.24) is 4.31 Å². The largest absolute Gasteiger partial charge is 0.495 e. The number of anilines is 1. The number of benzene rings is 2. The van der Waals surface area contributed by atoms with Gasteiger partial charge in [0.05, 0.1) is 28.3 Å². The number of rotatable bonds is 5. The van der Waals surface area contributed by atoms with Crippen LogP contribution in [0.15, 0.2) is 47.4 Å². The maximum atomic E-state index is 12.9. The van der Waals surface area contributed by atoms with Crippen molar-refractivity contribution in [3.8, 4) is 5.75 Å². The molecule has 1 fully saturated rings. The Kier molecular flexibility index (Phi) is 5.90. The minimum Gasteiger partial charge on any atom is -0.495 e. The second-order valence-corrected chi connectivity index (χ2v) is 8.49. The molecule has 2 aromatic rings. The number of hydrogen-bond donors (Lipinski definition) is 1. The third-order valence-electron chi connectivity index (χ3n) is 4.41. The van der Waals surface area contributed by atoms with Gasteiger partial charge in [-0.05, 0) is 43.2 Å². The smallest absolute Gasteiger partial charge is 0.266 e. The highest BCUT2D eigenvalue weighted by Crippen LogP contribution is 2.28. The molecule has 0 radical (unpaired) electrons. The molecule has 2 amide bonds. The SMILES string of the molecule is COc1ccccc1NC(=O)c1cc(S(=O)(=O)N2CCCCC2=O)ccc1Cl. The number of amides is 2. The predicted octanol–water partition coefficient (Wildman–Crippen LogP) is 3.30. The van der Waals surface area contributed by atoms with Gasteiger partial charge in [-0.2, -0.15) is 0 Å². The minimum atomic E-state index is -4.05. The molecule has 0 bridgehead atoms. The average Bonchev–Trinajstić information content (AvgIpc) is 2.68. The summed E-state index contributed by atoms with van der Waals surface area (Å²) in [6, 6.07) is 10.6. The topological polar surface area (TPSA) is 92.8 Å². The quantitative estimate of drug-likeness (QED) is 0.797. The molecule has 0 spiro atoms. The Morgan fingerprint density at radius 3 is 2.64 bits per heavy atom. The molecule has 28 heavy (non-hydrogen) atoms. The molecule has 0 saturated carbocycles. The van der Waals surface area contributed by atoms with E-state index >= 15 is 0 Å². The van der Waals surface area contributed by atoms with Crippen molar-refractivity contribution in [2.24, 2.45) is 0 Å². The lowest BCUT2D eigenvalue weighted by Gasteiger charge is -2.26. The summed E-state index contributed by atoms with van der Waals surface area (Å²) in [5, 5.41) is 2.76. The first-order valence-corrected chi connectivity index (χ1v) is 10.5. The number of para-hydroxylation sites is 2. The van der Waals surface area contributed by atoms with Crippen LogP contribution >= 0.6 is 11.6 Å². The van der Waals surface area contributed by atoms with Crippen molar-refractivity contribution in [1.29, 1.82) is 0 Å². The summed E-state index contributed by atoms with van der Waals surface area (Å²) in [4.78, 5) is 24.6. The molecule has 2 aromatic carbocycles. The van der Waals surface area contributed by atoms with Gasteiger partial charge in [0, 0.05) is 13.0 Å². The molecule has 1 N–H and O–H groups in total. The van der Waals surface area contributed by atoms with Gasteiger partial charge in [-0.15, -0.1) is 0 Å². The van der Waals surface area contributed by atoms with Crippen LogP contribution in [0.25, 0.3) is 0 Å². The van der Waals surface area contributed by atoms with Crippen LogP contribution in [-0.2, 0) is 14.8 Å². The number of hydrogen-bond acceptors (Lipinski definition) is 5. The van der Waals surface area contributed by atoms with Crippen molar-refractivity contribution in [3.05, 3.63) is 53.1 Å². The van der Waals surface area contributed by atoms with Crippen LogP contribution in [0, 0.1) is 0 Å². The Balaban J connectivity index is 1.93. The molecule has 0 unspecified atom stereocenters. The first-order valence-electron chi connectivity index (χ1n) is 8.64.